The highest BCUT2D eigenvalue weighted by Gasteiger charge is 2.19. The first-order chi connectivity index (χ1) is 17.3. The van der Waals surface area contributed by atoms with Crippen molar-refractivity contribution >= 4 is 43.5 Å². The van der Waals surface area contributed by atoms with Crippen molar-refractivity contribution in [3.8, 4) is 28.5 Å². The van der Waals surface area contributed by atoms with Crippen LogP contribution in [0, 0.1) is 11.3 Å². The lowest BCUT2D eigenvalue weighted by Crippen LogP contribution is -1.87. The number of fused-ring (bicyclic) bond motifs is 6. The van der Waals surface area contributed by atoms with Crippen LogP contribution >= 0.6 is 0 Å². The quantitative estimate of drug-likeness (QED) is 0.250. The topological polar surface area (TPSA) is 49.8 Å². The molecule has 0 aliphatic rings. The van der Waals surface area contributed by atoms with E-state index in [0.29, 0.717) is 5.56 Å². The minimum absolute atomic E-state index is 0.594. The lowest BCUT2D eigenvalue weighted by atomic mass is 9.94. The van der Waals surface area contributed by atoms with E-state index in [4.69, 9.17) is 4.42 Å². The Morgan fingerprint density at radius 1 is 0.629 bits per heavy atom. The fourth-order valence-corrected chi connectivity index (χ4v) is 5.13. The van der Waals surface area contributed by atoms with Gasteiger partial charge < -0.3 is 4.42 Å². The summed E-state index contributed by atoms with van der Waals surface area (Å²) in [6.07, 6.45) is 1.79. The molecule has 0 aliphatic carbocycles. The first kappa shape index (κ1) is 19.5. The Morgan fingerprint density at radius 2 is 1.40 bits per heavy atom. The van der Waals surface area contributed by atoms with E-state index in [9.17, 15) is 5.26 Å². The number of nitrogens with zero attached hydrogens (tertiary/aromatic N) is 2. The van der Waals surface area contributed by atoms with Gasteiger partial charge in [-0.15, -0.1) is 0 Å². The summed E-state index contributed by atoms with van der Waals surface area (Å²) in [6, 6.07) is 37.3. The molecule has 0 atom stereocenters. The molecule has 5 aromatic carbocycles. The molecule has 162 valence electrons. The SMILES string of the molecule is N#Cc1ccc2c(oc3c(-c4ccccn4)cccc32)c1-c1ccc2c(ccc3ccccc32)c1. The zero-order valence-electron chi connectivity index (χ0n) is 18.7. The average molecular weight is 447 g/mol. The molecular weight excluding hydrogens is 428 g/mol. The Morgan fingerprint density at radius 3 is 2.29 bits per heavy atom. The van der Waals surface area contributed by atoms with Crippen LogP contribution in [-0.4, -0.2) is 4.98 Å². The van der Waals surface area contributed by atoms with Gasteiger partial charge >= 0.3 is 0 Å². The second-order valence-corrected chi connectivity index (χ2v) is 8.70. The molecule has 7 aromatic rings. The van der Waals surface area contributed by atoms with Gasteiger partial charge in [0.05, 0.1) is 17.3 Å². The number of hydrogen-bond acceptors (Lipinski definition) is 3. The molecule has 0 saturated heterocycles. The maximum Gasteiger partial charge on any atom is 0.144 e. The van der Waals surface area contributed by atoms with Gasteiger partial charge in [0, 0.05) is 28.1 Å². The van der Waals surface area contributed by atoms with E-state index in [1.807, 2.05) is 42.5 Å². The van der Waals surface area contributed by atoms with Crippen LogP contribution < -0.4 is 0 Å². The molecular formula is C32H18N2O. The van der Waals surface area contributed by atoms with Gasteiger partial charge in [0.25, 0.3) is 0 Å². The maximum atomic E-state index is 10.00. The van der Waals surface area contributed by atoms with Crippen molar-refractivity contribution in [3.63, 3.8) is 0 Å². The summed E-state index contributed by atoms with van der Waals surface area (Å²) in [5, 5.41) is 16.8. The maximum absolute atomic E-state index is 10.00. The van der Waals surface area contributed by atoms with Crippen LogP contribution in [0.2, 0.25) is 0 Å². The fourth-order valence-electron chi connectivity index (χ4n) is 5.13. The van der Waals surface area contributed by atoms with Gasteiger partial charge in [-0.25, -0.2) is 0 Å². The molecule has 0 aliphatic heterocycles. The molecule has 0 bridgehead atoms. The van der Waals surface area contributed by atoms with Gasteiger partial charge in [-0.1, -0.05) is 66.7 Å². The minimum Gasteiger partial charge on any atom is -0.455 e. The number of furan rings is 1. The number of aromatic nitrogens is 1. The Bertz CT molecular complexity index is 1960. The molecule has 0 spiro atoms. The molecule has 7 rings (SSSR count). The van der Waals surface area contributed by atoms with Crippen molar-refractivity contribution in [1.29, 1.82) is 5.26 Å². The summed E-state index contributed by atoms with van der Waals surface area (Å²) >= 11 is 0. The first-order valence-corrected chi connectivity index (χ1v) is 11.5. The largest absolute Gasteiger partial charge is 0.455 e. The van der Waals surface area contributed by atoms with Gasteiger partial charge in [-0.3, -0.25) is 4.98 Å². The zero-order chi connectivity index (χ0) is 23.4. The van der Waals surface area contributed by atoms with E-state index >= 15 is 0 Å². The number of nitriles is 1. The molecule has 0 N–H and O–H groups in total. The average Bonchev–Trinajstić information content (AvgIpc) is 3.31. The molecule has 3 nitrogen and oxygen atoms in total. The van der Waals surface area contributed by atoms with E-state index in [-0.39, 0.29) is 0 Å². The second kappa shape index (κ2) is 7.55. The molecule has 0 fully saturated rings. The third-order valence-corrected chi connectivity index (χ3v) is 6.76. The Hall–Kier alpha value is -4.94. The van der Waals surface area contributed by atoms with Crippen LogP contribution in [0.25, 0.3) is 65.9 Å². The number of hydrogen-bond donors (Lipinski definition) is 0. The number of benzene rings is 5. The highest BCUT2D eigenvalue weighted by molar-refractivity contribution is 6.15. The lowest BCUT2D eigenvalue weighted by Gasteiger charge is -2.09. The molecule has 35 heavy (non-hydrogen) atoms. The van der Waals surface area contributed by atoms with Crippen molar-refractivity contribution in [2.75, 3.05) is 0 Å². The number of para-hydroxylation sites is 1. The van der Waals surface area contributed by atoms with E-state index in [2.05, 4.69) is 71.7 Å². The third kappa shape index (κ3) is 2.94. The van der Waals surface area contributed by atoms with Crippen LogP contribution in [-0.2, 0) is 0 Å². The normalized spacial score (nSPS) is 11.4. The Labute approximate surface area is 201 Å². The van der Waals surface area contributed by atoms with Crippen molar-refractivity contribution < 1.29 is 4.42 Å². The lowest BCUT2D eigenvalue weighted by molar-refractivity contribution is 0.670. The first-order valence-electron chi connectivity index (χ1n) is 11.5. The molecule has 0 unspecified atom stereocenters. The van der Waals surface area contributed by atoms with Gasteiger partial charge in [0.2, 0.25) is 0 Å². The van der Waals surface area contributed by atoms with Crippen molar-refractivity contribution in [2.24, 2.45) is 0 Å². The molecule has 2 aromatic heterocycles. The van der Waals surface area contributed by atoms with E-state index in [1.54, 1.807) is 6.20 Å². The predicted molar refractivity (Wildman–Crippen MR) is 142 cm³/mol. The summed E-state index contributed by atoms with van der Waals surface area (Å²) in [7, 11) is 0. The highest BCUT2D eigenvalue weighted by Crippen LogP contribution is 2.41. The van der Waals surface area contributed by atoms with Crippen LogP contribution in [0.5, 0.6) is 0 Å². The molecule has 0 amide bonds. The summed E-state index contributed by atoms with van der Waals surface area (Å²) in [4.78, 5) is 4.53. The molecule has 2 heterocycles. The predicted octanol–water partition coefficient (Wildman–Crippen LogP) is 8.49. The van der Waals surface area contributed by atoms with Crippen LogP contribution in [0.3, 0.4) is 0 Å². The van der Waals surface area contributed by atoms with Gasteiger partial charge in [0.1, 0.15) is 11.2 Å². The summed E-state index contributed by atoms with van der Waals surface area (Å²) in [6.45, 7) is 0. The third-order valence-electron chi connectivity index (χ3n) is 6.76. The van der Waals surface area contributed by atoms with E-state index in [0.717, 1.165) is 49.7 Å². The van der Waals surface area contributed by atoms with Gasteiger partial charge in [0.15, 0.2) is 0 Å². The van der Waals surface area contributed by atoms with E-state index in [1.165, 1.54) is 16.2 Å². The fraction of sp³-hybridized carbons (Fsp3) is 0. The van der Waals surface area contributed by atoms with Crippen LogP contribution in [0.15, 0.2) is 114 Å². The van der Waals surface area contributed by atoms with Crippen LogP contribution in [0.4, 0.5) is 0 Å². The van der Waals surface area contributed by atoms with E-state index < -0.39 is 0 Å². The highest BCUT2D eigenvalue weighted by atomic mass is 16.3. The number of pyridine rings is 1. The summed E-state index contributed by atoms with van der Waals surface area (Å²) < 4.78 is 6.56. The zero-order valence-corrected chi connectivity index (χ0v) is 18.7. The second-order valence-electron chi connectivity index (χ2n) is 8.70. The standard InChI is InChI=1S/C32H18N2O/c33-19-23-14-16-27-26-8-5-9-28(29-10-3-4-17-34-29)31(26)35-32(27)30(23)22-13-15-25-21(18-22)12-11-20-6-1-2-7-24(20)25/h1-18H. The minimum atomic E-state index is 0.594. The Balaban J connectivity index is 1.53. The molecule has 3 heteroatoms. The summed E-state index contributed by atoms with van der Waals surface area (Å²) in [5.74, 6) is 0. The molecule has 0 saturated carbocycles. The summed E-state index contributed by atoms with van der Waals surface area (Å²) in [5.41, 5.74) is 5.69. The van der Waals surface area contributed by atoms with Crippen LogP contribution in [0.1, 0.15) is 5.56 Å². The molecule has 0 radical (unpaired) electrons. The van der Waals surface area contributed by atoms with Crippen molar-refractivity contribution in [3.05, 3.63) is 115 Å². The van der Waals surface area contributed by atoms with Gasteiger partial charge in [-0.2, -0.15) is 5.26 Å². The smallest absolute Gasteiger partial charge is 0.144 e. The van der Waals surface area contributed by atoms with Gasteiger partial charge in [-0.05, 0) is 63.5 Å². The number of rotatable bonds is 2. The van der Waals surface area contributed by atoms with Crippen molar-refractivity contribution in [2.45, 2.75) is 0 Å². The Kier molecular flexibility index (Phi) is 4.21. The monoisotopic (exact) mass is 446 g/mol. The van der Waals surface area contributed by atoms with Crippen molar-refractivity contribution in [1.82, 2.24) is 4.98 Å².